The van der Waals surface area contributed by atoms with Crippen molar-refractivity contribution in [3.8, 4) is 22.3 Å². The van der Waals surface area contributed by atoms with Crippen molar-refractivity contribution in [2.24, 2.45) is 0 Å². The summed E-state index contributed by atoms with van der Waals surface area (Å²) >= 11 is 0. The Bertz CT molecular complexity index is 854. The Kier molecular flexibility index (Phi) is 3.57. The first-order valence-corrected chi connectivity index (χ1v) is 7.82. The average Bonchev–Trinajstić information content (AvgIpc) is 2.55. The fourth-order valence-corrected chi connectivity index (χ4v) is 2.89. The predicted octanol–water partition coefficient (Wildman–Crippen LogP) is 2.85. The summed E-state index contributed by atoms with van der Waals surface area (Å²) in [5.41, 5.74) is 16.6. The lowest BCUT2D eigenvalue weighted by atomic mass is 9.76. The van der Waals surface area contributed by atoms with E-state index in [2.05, 4.69) is 44.6 Å². The van der Waals surface area contributed by atoms with E-state index in [1.165, 1.54) is 5.56 Å². The molecule has 1 aliphatic carbocycles. The molecule has 4 rings (SSSR count). The summed E-state index contributed by atoms with van der Waals surface area (Å²) in [7, 11) is 0. The molecule has 2 heterocycles. The smallest absolute Gasteiger partial charge is 0.219 e. The number of hydrogen-bond acceptors (Lipinski definition) is 6. The first kappa shape index (κ1) is 14.6. The van der Waals surface area contributed by atoms with E-state index in [1.807, 2.05) is 0 Å². The number of benzene rings is 1. The SMILES string of the molecule is Nc1ncc(-c2ccc(-c3cnc(N)nc3)c(C3C[CH]C3)c2)cn1. The van der Waals surface area contributed by atoms with Crippen molar-refractivity contribution < 1.29 is 0 Å². The second-order valence-electron chi connectivity index (χ2n) is 5.92. The van der Waals surface area contributed by atoms with E-state index < -0.39 is 0 Å². The van der Waals surface area contributed by atoms with E-state index >= 15 is 0 Å². The van der Waals surface area contributed by atoms with Gasteiger partial charge in [0.05, 0.1) is 0 Å². The van der Waals surface area contributed by atoms with E-state index in [1.54, 1.807) is 24.8 Å². The molecule has 6 heteroatoms. The highest BCUT2D eigenvalue weighted by atomic mass is 15.0. The molecule has 0 aliphatic heterocycles. The largest absolute Gasteiger partial charge is 0.368 e. The Morgan fingerprint density at radius 2 is 1.33 bits per heavy atom. The normalized spacial score (nSPS) is 14.3. The molecule has 0 bridgehead atoms. The minimum atomic E-state index is 0.281. The average molecular weight is 317 g/mol. The van der Waals surface area contributed by atoms with Crippen LogP contribution in [0.1, 0.15) is 24.3 Å². The molecular formula is C18H17N6. The van der Waals surface area contributed by atoms with Gasteiger partial charge in [0.25, 0.3) is 0 Å². The van der Waals surface area contributed by atoms with Gasteiger partial charge < -0.3 is 11.5 Å². The van der Waals surface area contributed by atoms with E-state index in [0.29, 0.717) is 5.92 Å². The van der Waals surface area contributed by atoms with Crippen LogP contribution in [-0.2, 0) is 0 Å². The van der Waals surface area contributed by atoms with Gasteiger partial charge in [-0.25, -0.2) is 19.9 Å². The molecule has 1 saturated carbocycles. The number of nitrogens with two attached hydrogens (primary N) is 2. The van der Waals surface area contributed by atoms with Crippen molar-refractivity contribution in [2.75, 3.05) is 11.5 Å². The van der Waals surface area contributed by atoms with Gasteiger partial charge in [-0.3, -0.25) is 0 Å². The Morgan fingerprint density at radius 3 is 1.88 bits per heavy atom. The maximum absolute atomic E-state index is 5.60. The number of rotatable bonds is 3. The Morgan fingerprint density at radius 1 is 0.750 bits per heavy atom. The van der Waals surface area contributed by atoms with Crippen LogP contribution >= 0.6 is 0 Å². The van der Waals surface area contributed by atoms with Crippen molar-refractivity contribution in [2.45, 2.75) is 18.8 Å². The molecule has 1 aromatic carbocycles. The highest BCUT2D eigenvalue weighted by Crippen LogP contribution is 2.42. The molecule has 6 nitrogen and oxygen atoms in total. The zero-order valence-corrected chi connectivity index (χ0v) is 13.1. The van der Waals surface area contributed by atoms with E-state index in [4.69, 9.17) is 11.5 Å². The Labute approximate surface area is 140 Å². The van der Waals surface area contributed by atoms with Crippen LogP contribution in [0.25, 0.3) is 22.3 Å². The van der Waals surface area contributed by atoms with Gasteiger partial charge in [0.1, 0.15) is 0 Å². The minimum absolute atomic E-state index is 0.281. The maximum atomic E-state index is 5.60. The molecule has 119 valence electrons. The summed E-state index contributed by atoms with van der Waals surface area (Å²) in [6, 6.07) is 6.37. The van der Waals surface area contributed by atoms with Gasteiger partial charge in [0, 0.05) is 35.9 Å². The molecule has 1 radical (unpaired) electrons. The molecule has 3 aromatic rings. The molecule has 24 heavy (non-hydrogen) atoms. The third kappa shape index (κ3) is 2.67. The van der Waals surface area contributed by atoms with Crippen molar-refractivity contribution in [3.63, 3.8) is 0 Å². The summed E-state index contributed by atoms with van der Waals surface area (Å²) in [5.74, 6) is 1.09. The first-order valence-electron chi connectivity index (χ1n) is 7.82. The van der Waals surface area contributed by atoms with Crippen LogP contribution < -0.4 is 11.5 Å². The second kappa shape index (κ2) is 5.88. The molecule has 0 amide bonds. The van der Waals surface area contributed by atoms with Gasteiger partial charge in [-0.2, -0.15) is 0 Å². The van der Waals surface area contributed by atoms with Crippen molar-refractivity contribution in [3.05, 3.63) is 55.0 Å². The topological polar surface area (TPSA) is 104 Å². The van der Waals surface area contributed by atoms with Crippen LogP contribution in [0.4, 0.5) is 11.9 Å². The van der Waals surface area contributed by atoms with Crippen LogP contribution in [-0.4, -0.2) is 19.9 Å². The second-order valence-corrected chi connectivity index (χ2v) is 5.92. The summed E-state index contributed by atoms with van der Waals surface area (Å²) in [6.45, 7) is 0. The highest BCUT2D eigenvalue weighted by Gasteiger charge is 2.23. The van der Waals surface area contributed by atoms with Crippen molar-refractivity contribution >= 4 is 11.9 Å². The molecule has 4 N–H and O–H groups in total. The lowest BCUT2D eigenvalue weighted by Gasteiger charge is -2.28. The van der Waals surface area contributed by atoms with Gasteiger partial charge in [0.15, 0.2) is 0 Å². The lowest BCUT2D eigenvalue weighted by Crippen LogP contribution is -2.11. The molecule has 0 unspecified atom stereocenters. The molecule has 0 atom stereocenters. The van der Waals surface area contributed by atoms with Crippen molar-refractivity contribution in [1.29, 1.82) is 0 Å². The number of aromatic nitrogens is 4. The molecule has 1 aliphatic rings. The number of nitrogens with zero attached hydrogens (tertiary/aromatic N) is 4. The summed E-state index contributed by atoms with van der Waals surface area (Å²) in [6.07, 6.45) is 11.5. The quantitative estimate of drug-likeness (QED) is 0.770. The van der Waals surface area contributed by atoms with Gasteiger partial charge in [-0.05, 0) is 41.9 Å². The molecule has 0 saturated heterocycles. The third-order valence-corrected chi connectivity index (χ3v) is 4.38. The molecule has 1 fully saturated rings. The number of anilines is 2. The van der Waals surface area contributed by atoms with Crippen LogP contribution in [0.2, 0.25) is 0 Å². The standard InChI is InChI=1S/C18H17N6/c19-17-21-7-13(8-22-17)12-4-5-15(14-9-23-18(20)24-10-14)16(6-12)11-2-1-3-11/h1,4-11H,2-3H2,(H2,19,21,22)(H2,20,23,24). The predicted molar refractivity (Wildman–Crippen MR) is 93.6 cm³/mol. The van der Waals surface area contributed by atoms with Crippen LogP contribution in [0.15, 0.2) is 43.0 Å². The lowest BCUT2D eigenvalue weighted by molar-refractivity contribution is 0.541. The molecule has 2 aromatic heterocycles. The van der Waals surface area contributed by atoms with Gasteiger partial charge in [-0.15, -0.1) is 0 Å². The van der Waals surface area contributed by atoms with Crippen molar-refractivity contribution in [1.82, 2.24) is 19.9 Å². The number of nitrogen functional groups attached to an aromatic ring is 2. The summed E-state index contributed by atoms with van der Waals surface area (Å²) in [4.78, 5) is 16.4. The van der Waals surface area contributed by atoms with Crippen LogP contribution in [0.3, 0.4) is 0 Å². The Balaban J connectivity index is 1.79. The summed E-state index contributed by atoms with van der Waals surface area (Å²) in [5, 5.41) is 0. The van der Waals surface area contributed by atoms with E-state index in [0.717, 1.165) is 35.1 Å². The van der Waals surface area contributed by atoms with Crippen LogP contribution in [0, 0.1) is 6.42 Å². The zero-order valence-electron chi connectivity index (χ0n) is 13.1. The monoisotopic (exact) mass is 317 g/mol. The van der Waals surface area contributed by atoms with E-state index in [-0.39, 0.29) is 11.9 Å². The van der Waals surface area contributed by atoms with Gasteiger partial charge in [0.2, 0.25) is 11.9 Å². The Hall–Kier alpha value is -3.02. The fraction of sp³-hybridized carbons (Fsp3) is 0.167. The minimum Gasteiger partial charge on any atom is -0.368 e. The van der Waals surface area contributed by atoms with E-state index in [9.17, 15) is 0 Å². The third-order valence-electron chi connectivity index (χ3n) is 4.38. The first-order chi connectivity index (χ1) is 11.7. The highest BCUT2D eigenvalue weighted by molar-refractivity contribution is 5.73. The van der Waals surface area contributed by atoms with Gasteiger partial charge >= 0.3 is 0 Å². The molecule has 0 spiro atoms. The number of hydrogen-bond donors (Lipinski definition) is 2. The summed E-state index contributed by atoms with van der Waals surface area (Å²) < 4.78 is 0. The van der Waals surface area contributed by atoms with Crippen LogP contribution in [0.5, 0.6) is 0 Å². The maximum Gasteiger partial charge on any atom is 0.219 e. The zero-order chi connectivity index (χ0) is 16.5. The molecular weight excluding hydrogens is 300 g/mol. The fourth-order valence-electron chi connectivity index (χ4n) is 2.89. The van der Waals surface area contributed by atoms with Gasteiger partial charge in [-0.1, -0.05) is 18.2 Å².